The molecule has 1 aliphatic rings. The van der Waals surface area contributed by atoms with E-state index in [0.29, 0.717) is 26.2 Å². The molecule has 1 N–H and O–H groups in total. The van der Waals surface area contributed by atoms with Crippen LogP contribution in [0.15, 0.2) is 0 Å². The summed E-state index contributed by atoms with van der Waals surface area (Å²) in [6, 6.07) is -0.0505. The first-order valence-corrected chi connectivity index (χ1v) is 11.8. The number of unbranched alkanes of at least 4 members (excludes halogenated alkanes) is 3. The average molecular weight is 390 g/mol. The van der Waals surface area contributed by atoms with Crippen molar-refractivity contribution in [3.63, 3.8) is 0 Å². The van der Waals surface area contributed by atoms with Gasteiger partial charge >= 0.3 is 0 Å². The Bertz CT molecular complexity index is 502. The highest BCUT2D eigenvalue weighted by Gasteiger charge is 2.39. The van der Waals surface area contributed by atoms with Crippen molar-refractivity contribution < 1.29 is 13.2 Å². The Morgan fingerprint density at radius 3 is 2.15 bits per heavy atom. The van der Waals surface area contributed by atoms with E-state index in [1.165, 1.54) is 0 Å². The van der Waals surface area contributed by atoms with Crippen molar-refractivity contribution in [3.05, 3.63) is 0 Å². The summed E-state index contributed by atoms with van der Waals surface area (Å²) in [6.07, 6.45) is 7.16. The topological polar surface area (TPSA) is 69.7 Å². The smallest absolute Gasteiger partial charge is 0.282 e. The molecule has 0 aliphatic carbocycles. The van der Waals surface area contributed by atoms with E-state index in [4.69, 9.17) is 0 Å². The molecule has 1 amide bonds. The lowest BCUT2D eigenvalue weighted by molar-refractivity contribution is -0.126. The van der Waals surface area contributed by atoms with E-state index >= 15 is 0 Å². The van der Waals surface area contributed by atoms with E-state index in [-0.39, 0.29) is 17.9 Å². The maximum atomic E-state index is 13.3. The molecule has 0 spiro atoms. The maximum Gasteiger partial charge on any atom is 0.282 e. The molecule has 1 saturated heterocycles. The van der Waals surface area contributed by atoms with E-state index in [2.05, 4.69) is 26.1 Å². The second-order valence-electron chi connectivity index (χ2n) is 7.45. The van der Waals surface area contributed by atoms with Crippen LogP contribution >= 0.6 is 0 Å². The number of hydrogen-bond acceptors (Lipinski definition) is 3. The van der Waals surface area contributed by atoms with Crippen LogP contribution < -0.4 is 5.32 Å². The Kier molecular flexibility index (Phi) is 10.7. The van der Waals surface area contributed by atoms with Gasteiger partial charge in [-0.3, -0.25) is 4.79 Å². The Balaban J connectivity index is 2.83. The lowest BCUT2D eigenvalue weighted by Crippen LogP contribution is -2.54. The number of amides is 1. The molecule has 1 fully saturated rings. The zero-order valence-corrected chi connectivity index (χ0v) is 18.0. The van der Waals surface area contributed by atoms with Crippen LogP contribution in [0.2, 0.25) is 0 Å². The van der Waals surface area contributed by atoms with Crippen molar-refractivity contribution >= 4 is 16.1 Å². The van der Waals surface area contributed by atoms with Gasteiger partial charge in [-0.2, -0.15) is 17.0 Å². The molecular formula is C19H39N3O3S. The van der Waals surface area contributed by atoms with E-state index in [0.717, 1.165) is 51.4 Å². The van der Waals surface area contributed by atoms with Crippen LogP contribution in [0, 0.1) is 5.92 Å². The monoisotopic (exact) mass is 389 g/mol. The first kappa shape index (κ1) is 23.4. The Morgan fingerprint density at radius 1 is 1.04 bits per heavy atom. The van der Waals surface area contributed by atoms with Crippen molar-refractivity contribution in [1.82, 2.24) is 13.9 Å². The molecule has 0 aromatic carbocycles. The van der Waals surface area contributed by atoms with Crippen molar-refractivity contribution in [2.75, 3.05) is 26.2 Å². The summed E-state index contributed by atoms with van der Waals surface area (Å²) < 4.78 is 29.7. The second-order valence-corrected chi connectivity index (χ2v) is 9.33. The van der Waals surface area contributed by atoms with E-state index in [1.54, 1.807) is 8.61 Å². The SMILES string of the molecule is CCCCNC(=O)C1CCC(C)N(S(=O)(=O)N(CCCC)CCCC)C1. The number of carbonyl (C=O) groups is 1. The Hall–Kier alpha value is -0.660. The molecule has 1 heterocycles. The van der Waals surface area contributed by atoms with Gasteiger partial charge in [0, 0.05) is 32.2 Å². The lowest BCUT2D eigenvalue weighted by atomic mass is 9.94. The van der Waals surface area contributed by atoms with Crippen LogP contribution in [-0.4, -0.2) is 55.2 Å². The molecule has 6 nitrogen and oxygen atoms in total. The summed E-state index contributed by atoms with van der Waals surface area (Å²) in [5, 5.41) is 2.96. The van der Waals surface area contributed by atoms with Gasteiger partial charge < -0.3 is 5.32 Å². The van der Waals surface area contributed by atoms with Crippen LogP contribution in [0.5, 0.6) is 0 Å². The van der Waals surface area contributed by atoms with Crippen molar-refractivity contribution in [3.8, 4) is 0 Å². The fourth-order valence-corrected chi connectivity index (χ4v) is 5.25. The molecule has 1 rings (SSSR count). The zero-order valence-electron chi connectivity index (χ0n) is 17.2. The first-order chi connectivity index (χ1) is 12.4. The highest BCUT2D eigenvalue weighted by Crippen LogP contribution is 2.27. The third kappa shape index (κ3) is 6.82. The molecule has 0 aromatic heterocycles. The van der Waals surface area contributed by atoms with Crippen LogP contribution in [0.3, 0.4) is 0 Å². The summed E-state index contributed by atoms with van der Waals surface area (Å²) in [7, 11) is -3.52. The van der Waals surface area contributed by atoms with Gasteiger partial charge in [0.2, 0.25) is 5.91 Å². The largest absolute Gasteiger partial charge is 0.356 e. The van der Waals surface area contributed by atoms with Gasteiger partial charge in [0.05, 0.1) is 5.92 Å². The third-order valence-electron chi connectivity index (χ3n) is 5.17. The van der Waals surface area contributed by atoms with Gasteiger partial charge in [0.25, 0.3) is 10.2 Å². The van der Waals surface area contributed by atoms with Crippen molar-refractivity contribution in [2.45, 2.75) is 85.1 Å². The van der Waals surface area contributed by atoms with E-state index < -0.39 is 10.2 Å². The van der Waals surface area contributed by atoms with Crippen LogP contribution in [0.25, 0.3) is 0 Å². The number of rotatable bonds is 12. The first-order valence-electron chi connectivity index (χ1n) is 10.4. The molecule has 154 valence electrons. The van der Waals surface area contributed by atoms with E-state index in [1.807, 2.05) is 6.92 Å². The van der Waals surface area contributed by atoms with Gasteiger partial charge in [0.1, 0.15) is 0 Å². The second kappa shape index (κ2) is 11.9. The highest BCUT2D eigenvalue weighted by molar-refractivity contribution is 7.86. The van der Waals surface area contributed by atoms with Gasteiger partial charge in [-0.15, -0.1) is 0 Å². The van der Waals surface area contributed by atoms with Crippen molar-refractivity contribution in [1.29, 1.82) is 0 Å². The molecule has 0 bridgehead atoms. The predicted molar refractivity (Wildman–Crippen MR) is 107 cm³/mol. The van der Waals surface area contributed by atoms with Crippen LogP contribution in [0.1, 0.15) is 79.1 Å². The fourth-order valence-electron chi connectivity index (χ4n) is 3.30. The minimum atomic E-state index is -3.52. The lowest BCUT2D eigenvalue weighted by Gasteiger charge is -2.39. The summed E-state index contributed by atoms with van der Waals surface area (Å²) >= 11 is 0. The molecular weight excluding hydrogens is 350 g/mol. The number of hydrogen-bond donors (Lipinski definition) is 1. The standard InChI is InChI=1S/C19H39N3O3S/c1-5-8-13-20-19(23)18-12-11-17(4)22(16-18)26(24,25)21(14-9-6-2)15-10-7-3/h17-18H,5-16H2,1-4H3,(H,20,23). The summed E-state index contributed by atoms with van der Waals surface area (Å²) in [6.45, 7) is 10.3. The third-order valence-corrected chi connectivity index (χ3v) is 7.29. The zero-order chi connectivity index (χ0) is 19.6. The Morgan fingerprint density at radius 2 is 1.62 bits per heavy atom. The summed E-state index contributed by atoms with van der Waals surface area (Å²) in [4.78, 5) is 12.4. The Labute approximate surface area is 160 Å². The highest BCUT2D eigenvalue weighted by atomic mass is 32.2. The maximum absolute atomic E-state index is 13.3. The predicted octanol–water partition coefficient (Wildman–Crippen LogP) is 3.15. The van der Waals surface area contributed by atoms with E-state index in [9.17, 15) is 13.2 Å². The molecule has 1 aliphatic heterocycles. The normalized spacial score (nSPS) is 21.9. The molecule has 26 heavy (non-hydrogen) atoms. The number of nitrogens with zero attached hydrogens (tertiary/aromatic N) is 2. The molecule has 0 saturated carbocycles. The number of piperidine rings is 1. The molecule has 2 unspecified atom stereocenters. The molecule has 0 radical (unpaired) electrons. The number of carbonyl (C=O) groups excluding carboxylic acids is 1. The van der Waals surface area contributed by atoms with Gasteiger partial charge in [-0.25, -0.2) is 0 Å². The van der Waals surface area contributed by atoms with Gasteiger partial charge in [-0.05, 0) is 39.0 Å². The minimum Gasteiger partial charge on any atom is -0.356 e. The fraction of sp³-hybridized carbons (Fsp3) is 0.947. The average Bonchev–Trinajstić information content (AvgIpc) is 2.61. The van der Waals surface area contributed by atoms with Gasteiger partial charge in [0.15, 0.2) is 0 Å². The molecule has 0 aromatic rings. The van der Waals surface area contributed by atoms with Crippen molar-refractivity contribution in [2.24, 2.45) is 5.92 Å². The molecule has 2 atom stereocenters. The van der Waals surface area contributed by atoms with Gasteiger partial charge in [-0.1, -0.05) is 40.0 Å². The molecule has 7 heteroatoms. The summed E-state index contributed by atoms with van der Waals surface area (Å²) in [5.41, 5.74) is 0. The quantitative estimate of drug-likeness (QED) is 0.521. The van der Waals surface area contributed by atoms with Crippen LogP contribution in [-0.2, 0) is 15.0 Å². The van der Waals surface area contributed by atoms with Crippen LogP contribution in [0.4, 0.5) is 0 Å². The minimum absolute atomic E-state index is 0.000726. The summed E-state index contributed by atoms with van der Waals surface area (Å²) in [5.74, 6) is -0.240. The number of nitrogens with one attached hydrogen (secondary N) is 1.